The molecule has 170 valence electrons. The van der Waals surface area contributed by atoms with E-state index >= 15 is 0 Å². The van der Waals surface area contributed by atoms with Gasteiger partial charge in [-0.1, -0.05) is 63.2 Å². The Morgan fingerprint density at radius 3 is 2.44 bits per heavy atom. The minimum absolute atomic E-state index is 0. The maximum Gasteiger partial charge on any atom is 0.221 e. The second-order valence-electron chi connectivity index (χ2n) is 8.52. The lowest BCUT2D eigenvalue weighted by Crippen LogP contribution is -2.20. The molecule has 1 aliphatic carbocycles. The Labute approximate surface area is 200 Å². The standard InChI is InChI=1S/C23H26N6O.2ClH/c1-23(2,3)15-9-7-14(8-10-15)20-13-29(22(25)26-20)27-19-12-11-16-17(19)5-4-6-18(16)21(24)28-30;;/h4-10,13,30H,11-12H2,1-3H3,(H2,24,28)(H2,25,26);2*1H/b27-19+;;. The van der Waals surface area contributed by atoms with Gasteiger partial charge < -0.3 is 5.73 Å². The molecule has 32 heavy (non-hydrogen) atoms. The van der Waals surface area contributed by atoms with Gasteiger partial charge in [0.25, 0.3) is 0 Å². The minimum Gasteiger partial charge on any atom is -0.368 e. The van der Waals surface area contributed by atoms with Crippen LogP contribution in [0.5, 0.6) is 0 Å². The molecule has 0 unspecified atom stereocenters. The molecule has 0 spiro atoms. The van der Waals surface area contributed by atoms with Crippen LogP contribution in [0.4, 0.5) is 5.95 Å². The smallest absolute Gasteiger partial charge is 0.221 e. The van der Waals surface area contributed by atoms with Crippen molar-refractivity contribution in [3.63, 3.8) is 0 Å². The first kappa shape index (κ1) is 25.4. The van der Waals surface area contributed by atoms with E-state index in [-0.39, 0.29) is 36.1 Å². The molecule has 1 aliphatic rings. The van der Waals surface area contributed by atoms with Gasteiger partial charge >= 0.3 is 0 Å². The molecular weight excluding hydrogens is 447 g/mol. The highest BCUT2D eigenvalue weighted by Crippen LogP contribution is 2.28. The monoisotopic (exact) mass is 474 g/mol. The van der Waals surface area contributed by atoms with Crippen molar-refractivity contribution < 1.29 is 5.21 Å². The summed E-state index contributed by atoms with van der Waals surface area (Å²) >= 11 is 0. The molecule has 0 saturated heterocycles. The number of hydrogen-bond acceptors (Lipinski definition) is 5. The highest BCUT2D eigenvalue weighted by atomic mass is 35.5. The SMILES string of the molecule is CC(C)(C)c1ccc(-c2cn(/N=C3\CCc4c(C(=N)NO)cccc43)c(N)n2)cc1.Cl.Cl. The summed E-state index contributed by atoms with van der Waals surface area (Å²) < 4.78 is 1.61. The fourth-order valence-electron chi connectivity index (χ4n) is 3.78. The zero-order chi connectivity index (χ0) is 21.5. The number of rotatable bonds is 3. The molecule has 7 nitrogen and oxygen atoms in total. The highest BCUT2D eigenvalue weighted by molar-refractivity contribution is 6.08. The van der Waals surface area contributed by atoms with Crippen LogP contribution in [0.3, 0.4) is 0 Å². The van der Waals surface area contributed by atoms with Crippen LogP contribution >= 0.6 is 24.8 Å². The maximum absolute atomic E-state index is 9.10. The Morgan fingerprint density at radius 2 is 1.81 bits per heavy atom. The number of nitrogen functional groups attached to an aromatic ring is 1. The summed E-state index contributed by atoms with van der Waals surface area (Å²) in [6.07, 6.45) is 3.33. The van der Waals surface area contributed by atoms with Crippen molar-refractivity contribution in [2.45, 2.75) is 39.0 Å². The fraction of sp³-hybridized carbons (Fsp3) is 0.261. The van der Waals surface area contributed by atoms with Crippen LogP contribution in [0, 0.1) is 5.41 Å². The second kappa shape index (κ2) is 9.73. The summed E-state index contributed by atoms with van der Waals surface area (Å²) in [6, 6.07) is 14.0. The maximum atomic E-state index is 9.10. The number of halogens is 2. The largest absolute Gasteiger partial charge is 0.368 e. The number of fused-ring (bicyclic) bond motifs is 1. The normalized spacial score (nSPS) is 13.8. The number of anilines is 1. The van der Waals surface area contributed by atoms with E-state index in [2.05, 4.69) is 50.0 Å². The molecular formula is C23H28Cl2N6O. The summed E-state index contributed by atoms with van der Waals surface area (Å²) in [7, 11) is 0. The van der Waals surface area contributed by atoms with E-state index in [0.717, 1.165) is 40.9 Å². The van der Waals surface area contributed by atoms with Crippen LogP contribution in [-0.4, -0.2) is 26.4 Å². The molecule has 0 aliphatic heterocycles. The summed E-state index contributed by atoms with van der Waals surface area (Å²) in [6.45, 7) is 6.56. The quantitative estimate of drug-likeness (QED) is 0.248. The van der Waals surface area contributed by atoms with Gasteiger partial charge in [-0.2, -0.15) is 5.10 Å². The first-order valence-corrected chi connectivity index (χ1v) is 9.93. The number of nitrogens with two attached hydrogens (primary N) is 1. The predicted molar refractivity (Wildman–Crippen MR) is 134 cm³/mol. The molecule has 3 aromatic rings. The van der Waals surface area contributed by atoms with Gasteiger partial charge in [-0.15, -0.1) is 24.8 Å². The second-order valence-corrected chi connectivity index (χ2v) is 8.52. The minimum atomic E-state index is -0.0174. The number of hydrogen-bond donors (Lipinski definition) is 4. The molecule has 2 aromatic carbocycles. The lowest BCUT2D eigenvalue weighted by molar-refractivity contribution is 0.234. The van der Waals surface area contributed by atoms with Crippen molar-refractivity contribution in [3.05, 3.63) is 70.9 Å². The molecule has 0 amide bonds. The van der Waals surface area contributed by atoms with Gasteiger partial charge in [-0.3, -0.25) is 16.1 Å². The van der Waals surface area contributed by atoms with E-state index in [1.165, 1.54) is 5.56 Å². The molecule has 1 aromatic heterocycles. The zero-order valence-corrected chi connectivity index (χ0v) is 19.8. The lowest BCUT2D eigenvalue weighted by Gasteiger charge is -2.18. The Hall–Kier alpha value is -2.87. The van der Waals surface area contributed by atoms with Gasteiger partial charge in [0.2, 0.25) is 5.95 Å². The van der Waals surface area contributed by atoms with E-state index in [9.17, 15) is 0 Å². The van der Waals surface area contributed by atoms with Crippen molar-refractivity contribution >= 4 is 42.3 Å². The summed E-state index contributed by atoms with van der Waals surface area (Å²) in [4.78, 5) is 4.49. The third-order valence-corrected chi connectivity index (χ3v) is 5.47. The molecule has 0 saturated carbocycles. The molecule has 0 radical (unpaired) electrons. The molecule has 9 heteroatoms. The zero-order valence-electron chi connectivity index (χ0n) is 18.2. The van der Waals surface area contributed by atoms with Crippen LogP contribution in [0.2, 0.25) is 0 Å². The average molecular weight is 475 g/mol. The molecule has 5 N–H and O–H groups in total. The Morgan fingerprint density at radius 1 is 1.12 bits per heavy atom. The molecule has 1 heterocycles. The number of hydroxylamine groups is 1. The lowest BCUT2D eigenvalue weighted by atomic mass is 9.86. The van der Waals surface area contributed by atoms with Crippen LogP contribution in [0.1, 0.15) is 49.4 Å². The van der Waals surface area contributed by atoms with Crippen LogP contribution in [0.25, 0.3) is 11.3 Å². The van der Waals surface area contributed by atoms with Gasteiger partial charge in [-0.05, 0) is 29.4 Å². The van der Waals surface area contributed by atoms with E-state index in [1.807, 2.05) is 29.9 Å². The van der Waals surface area contributed by atoms with Gasteiger partial charge in [0.05, 0.1) is 17.6 Å². The van der Waals surface area contributed by atoms with Crippen molar-refractivity contribution in [1.82, 2.24) is 15.1 Å². The topological polar surface area (TPSA) is 112 Å². The number of amidine groups is 1. The third kappa shape index (κ3) is 4.80. The molecule has 4 rings (SSSR count). The first-order valence-electron chi connectivity index (χ1n) is 9.93. The average Bonchev–Trinajstić information content (AvgIpc) is 3.31. The molecule has 0 bridgehead atoms. The summed E-state index contributed by atoms with van der Waals surface area (Å²) in [5.41, 5.74) is 14.7. The number of aromatic nitrogens is 2. The van der Waals surface area contributed by atoms with Crippen molar-refractivity contribution in [2.24, 2.45) is 5.10 Å². The number of nitrogens with one attached hydrogen (secondary N) is 2. The van der Waals surface area contributed by atoms with Crippen molar-refractivity contribution in [2.75, 3.05) is 5.73 Å². The van der Waals surface area contributed by atoms with Gasteiger partial charge in [0.15, 0.2) is 0 Å². The van der Waals surface area contributed by atoms with E-state index in [1.54, 1.807) is 4.68 Å². The van der Waals surface area contributed by atoms with E-state index < -0.39 is 0 Å². The number of benzene rings is 2. The number of nitrogens with zero attached hydrogens (tertiary/aromatic N) is 3. The van der Waals surface area contributed by atoms with Crippen LogP contribution in [0.15, 0.2) is 53.8 Å². The third-order valence-electron chi connectivity index (χ3n) is 5.47. The van der Waals surface area contributed by atoms with Gasteiger partial charge in [0, 0.05) is 16.7 Å². The first-order chi connectivity index (χ1) is 14.3. The Balaban J connectivity index is 0.00000181. The van der Waals surface area contributed by atoms with Gasteiger partial charge in [-0.25, -0.2) is 9.66 Å². The molecule has 0 atom stereocenters. The number of imidazole rings is 1. The Bertz CT molecular complexity index is 1150. The van der Waals surface area contributed by atoms with Crippen molar-refractivity contribution in [3.8, 4) is 11.3 Å². The predicted octanol–water partition coefficient (Wildman–Crippen LogP) is 4.78. The van der Waals surface area contributed by atoms with Gasteiger partial charge in [0.1, 0.15) is 5.84 Å². The van der Waals surface area contributed by atoms with Crippen molar-refractivity contribution in [1.29, 1.82) is 5.41 Å². The van der Waals surface area contributed by atoms with Crippen LogP contribution in [-0.2, 0) is 11.8 Å². The molecule has 0 fully saturated rings. The van der Waals surface area contributed by atoms with E-state index in [4.69, 9.17) is 21.5 Å². The van der Waals surface area contributed by atoms with Crippen LogP contribution < -0.4 is 11.2 Å². The fourth-order valence-corrected chi connectivity index (χ4v) is 3.78. The van der Waals surface area contributed by atoms with E-state index in [0.29, 0.717) is 11.5 Å². The highest BCUT2D eigenvalue weighted by Gasteiger charge is 2.23. The summed E-state index contributed by atoms with van der Waals surface area (Å²) in [5.74, 6) is 0.308. The summed E-state index contributed by atoms with van der Waals surface area (Å²) in [5, 5.41) is 21.7. The Kier molecular flexibility index (Phi) is 7.72.